The molecule has 2 fully saturated rings. The molecule has 1 aliphatic carbocycles. The molecule has 3 heterocycles. The minimum Gasteiger partial charge on any atom is -0.378 e. The van der Waals surface area contributed by atoms with Gasteiger partial charge >= 0.3 is 0 Å². The van der Waals surface area contributed by atoms with Crippen molar-refractivity contribution >= 4 is 22.8 Å². The van der Waals surface area contributed by atoms with E-state index in [1.807, 2.05) is 53.6 Å². The lowest BCUT2D eigenvalue weighted by molar-refractivity contribution is 0.0304. The number of amides is 2. The number of morpholine rings is 1. The lowest BCUT2D eigenvalue weighted by atomic mass is 9.86. The van der Waals surface area contributed by atoms with Crippen molar-refractivity contribution in [3.05, 3.63) is 66.0 Å². The van der Waals surface area contributed by atoms with Crippen LogP contribution in [-0.4, -0.2) is 58.6 Å². The molecule has 0 radical (unpaired) electrons. The highest BCUT2D eigenvalue weighted by Crippen LogP contribution is 2.29. The van der Waals surface area contributed by atoms with Gasteiger partial charge in [0.1, 0.15) is 5.52 Å². The maximum absolute atomic E-state index is 13.2. The summed E-state index contributed by atoms with van der Waals surface area (Å²) in [7, 11) is 0. The minimum absolute atomic E-state index is 0.00722. The number of hydrogen-bond acceptors (Lipinski definition) is 4. The minimum atomic E-state index is 0.00722. The normalized spacial score (nSPS) is 21.2. The molecule has 0 spiro atoms. The van der Waals surface area contributed by atoms with E-state index < -0.39 is 0 Å². The lowest BCUT2D eigenvalue weighted by Gasteiger charge is -2.29. The Hall–Kier alpha value is -3.19. The number of nitrogens with one attached hydrogen (secondary N) is 1. The Labute approximate surface area is 193 Å². The van der Waals surface area contributed by atoms with Crippen LogP contribution in [0.2, 0.25) is 0 Å². The first kappa shape index (κ1) is 21.6. The third-order valence-electron chi connectivity index (χ3n) is 6.84. The predicted octanol–water partition coefficient (Wildman–Crippen LogP) is 3.50. The number of benzene rings is 1. The number of nitrogens with zero attached hydrogens (tertiary/aromatic N) is 3. The van der Waals surface area contributed by atoms with Gasteiger partial charge in [-0.15, -0.1) is 0 Å². The highest BCUT2D eigenvalue weighted by atomic mass is 16.5. The predicted molar refractivity (Wildman–Crippen MR) is 126 cm³/mol. The molecule has 1 saturated carbocycles. The van der Waals surface area contributed by atoms with Crippen LogP contribution in [0.1, 0.15) is 46.4 Å². The molecule has 5 rings (SSSR count). The van der Waals surface area contributed by atoms with Crippen LogP contribution in [0, 0.1) is 5.92 Å². The van der Waals surface area contributed by atoms with Gasteiger partial charge in [-0.05, 0) is 55.9 Å². The first-order valence-electron chi connectivity index (χ1n) is 11.9. The third kappa shape index (κ3) is 4.78. The number of carbonyl (C=O) groups excluding carboxylic acids is 2. The van der Waals surface area contributed by atoms with Crippen LogP contribution in [0.4, 0.5) is 0 Å². The molecule has 0 bridgehead atoms. The molecule has 2 aromatic heterocycles. The standard InChI is InChI=1S/C26H30N4O3/c31-25(20-5-2-1-3-6-20)28-21-10-8-19(9-11-21)17-30-18-22(24-23(30)7-4-12-27-24)26(32)29-13-15-33-16-14-29/h1-7,12,18-19,21H,8-11,13-17H2,(H,28,31). The monoisotopic (exact) mass is 446 g/mol. The topological polar surface area (TPSA) is 76.5 Å². The molecule has 1 aromatic carbocycles. The second-order valence-corrected chi connectivity index (χ2v) is 9.03. The highest BCUT2D eigenvalue weighted by Gasteiger charge is 2.26. The van der Waals surface area contributed by atoms with Crippen LogP contribution in [0.5, 0.6) is 0 Å². The van der Waals surface area contributed by atoms with Gasteiger partial charge in [-0.2, -0.15) is 0 Å². The summed E-state index contributed by atoms with van der Waals surface area (Å²) in [4.78, 5) is 32.0. The van der Waals surface area contributed by atoms with Crippen LogP contribution in [0.25, 0.3) is 11.0 Å². The number of ether oxygens (including phenoxy) is 1. The number of pyridine rings is 1. The molecule has 7 nitrogen and oxygen atoms in total. The molecule has 172 valence electrons. The fourth-order valence-electron chi connectivity index (χ4n) is 4.99. The van der Waals surface area contributed by atoms with Gasteiger partial charge in [-0.1, -0.05) is 18.2 Å². The average Bonchev–Trinajstić information content (AvgIpc) is 3.24. The van der Waals surface area contributed by atoms with Gasteiger partial charge < -0.3 is 19.5 Å². The maximum Gasteiger partial charge on any atom is 0.257 e. The van der Waals surface area contributed by atoms with E-state index in [1.165, 1.54) is 0 Å². The molecular formula is C26H30N4O3. The van der Waals surface area contributed by atoms with Crippen LogP contribution < -0.4 is 5.32 Å². The van der Waals surface area contributed by atoms with Crippen molar-refractivity contribution in [2.75, 3.05) is 26.3 Å². The molecule has 0 atom stereocenters. The van der Waals surface area contributed by atoms with Crippen LogP contribution in [0.15, 0.2) is 54.9 Å². The summed E-state index contributed by atoms with van der Waals surface area (Å²) >= 11 is 0. The second-order valence-electron chi connectivity index (χ2n) is 9.03. The fraction of sp³-hybridized carbons (Fsp3) is 0.423. The Morgan fingerprint density at radius 2 is 1.76 bits per heavy atom. The van der Waals surface area contributed by atoms with E-state index in [1.54, 1.807) is 6.20 Å². The molecule has 2 aliphatic rings. The second kappa shape index (κ2) is 9.75. The van der Waals surface area contributed by atoms with Crippen molar-refractivity contribution in [2.45, 2.75) is 38.3 Å². The van der Waals surface area contributed by atoms with E-state index in [2.05, 4.69) is 14.9 Å². The van der Waals surface area contributed by atoms with Crippen molar-refractivity contribution < 1.29 is 14.3 Å². The Bertz CT molecular complexity index is 1110. The van der Waals surface area contributed by atoms with Crippen molar-refractivity contribution in [2.24, 2.45) is 5.92 Å². The molecule has 7 heteroatoms. The van der Waals surface area contributed by atoms with Crippen LogP contribution in [0.3, 0.4) is 0 Å². The fourth-order valence-corrected chi connectivity index (χ4v) is 4.99. The highest BCUT2D eigenvalue weighted by molar-refractivity contribution is 6.05. The van der Waals surface area contributed by atoms with E-state index in [0.717, 1.165) is 43.3 Å². The van der Waals surface area contributed by atoms with E-state index in [9.17, 15) is 9.59 Å². The number of aromatic nitrogens is 2. The van der Waals surface area contributed by atoms with Crippen molar-refractivity contribution in [3.8, 4) is 0 Å². The molecule has 3 aromatic rings. The zero-order valence-electron chi connectivity index (χ0n) is 18.8. The number of hydrogen-bond donors (Lipinski definition) is 1. The molecule has 0 unspecified atom stereocenters. The zero-order chi connectivity index (χ0) is 22.6. The quantitative estimate of drug-likeness (QED) is 0.651. The molecule has 1 saturated heterocycles. The molecule has 1 N–H and O–H groups in total. The van der Waals surface area contributed by atoms with Crippen molar-refractivity contribution in [3.63, 3.8) is 0 Å². The summed E-state index contributed by atoms with van der Waals surface area (Å²) in [6, 6.07) is 13.6. The van der Waals surface area contributed by atoms with Crippen LogP contribution in [-0.2, 0) is 11.3 Å². The van der Waals surface area contributed by atoms with Gasteiger partial charge in [0.25, 0.3) is 11.8 Å². The Kier molecular flexibility index (Phi) is 6.39. The lowest BCUT2D eigenvalue weighted by Crippen LogP contribution is -2.40. The molecule has 1 aliphatic heterocycles. The number of fused-ring (bicyclic) bond motifs is 1. The van der Waals surface area contributed by atoms with E-state index in [4.69, 9.17) is 4.74 Å². The average molecular weight is 447 g/mol. The van der Waals surface area contributed by atoms with Gasteiger partial charge in [0.05, 0.1) is 24.3 Å². The Morgan fingerprint density at radius 1 is 1.00 bits per heavy atom. The number of carbonyl (C=O) groups is 2. The van der Waals surface area contributed by atoms with Gasteiger partial charge in [-0.25, -0.2) is 0 Å². The molecule has 33 heavy (non-hydrogen) atoms. The Morgan fingerprint density at radius 3 is 2.52 bits per heavy atom. The summed E-state index contributed by atoms with van der Waals surface area (Å²) in [5, 5.41) is 3.19. The smallest absolute Gasteiger partial charge is 0.257 e. The molecule has 2 amide bonds. The largest absolute Gasteiger partial charge is 0.378 e. The third-order valence-corrected chi connectivity index (χ3v) is 6.84. The maximum atomic E-state index is 13.2. The first-order chi connectivity index (χ1) is 16.2. The van der Waals surface area contributed by atoms with Crippen molar-refractivity contribution in [1.29, 1.82) is 0 Å². The van der Waals surface area contributed by atoms with Crippen molar-refractivity contribution in [1.82, 2.24) is 19.8 Å². The summed E-state index contributed by atoms with van der Waals surface area (Å²) < 4.78 is 7.59. The van der Waals surface area contributed by atoms with E-state index >= 15 is 0 Å². The zero-order valence-corrected chi connectivity index (χ0v) is 18.8. The summed E-state index contributed by atoms with van der Waals surface area (Å²) in [5.41, 5.74) is 3.17. The SMILES string of the molecule is O=C(NC1CCC(Cn2cc(C(=O)N3CCOCC3)c3ncccc32)CC1)c1ccccc1. The van der Waals surface area contributed by atoms with Crippen LogP contribution >= 0.6 is 0 Å². The van der Waals surface area contributed by atoms with Gasteiger partial charge in [-0.3, -0.25) is 14.6 Å². The van der Waals surface area contributed by atoms with E-state index in [-0.39, 0.29) is 17.9 Å². The first-order valence-corrected chi connectivity index (χ1v) is 11.9. The van der Waals surface area contributed by atoms with Gasteiger partial charge in [0.15, 0.2) is 0 Å². The number of rotatable bonds is 5. The van der Waals surface area contributed by atoms with E-state index in [0.29, 0.717) is 43.3 Å². The van der Waals surface area contributed by atoms with Gasteiger partial charge in [0, 0.05) is 43.6 Å². The summed E-state index contributed by atoms with van der Waals surface area (Å²) in [6.45, 7) is 3.27. The summed E-state index contributed by atoms with van der Waals surface area (Å²) in [5.74, 6) is 0.554. The summed E-state index contributed by atoms with van der Waals surface area (Å²) in [6.07, 6.45) is 7.78. The van der Waals surface area contributed by atoms with Gasteiger partial charge in [0.2, 0.25) is 0 Å². The molecular weight excluding hydrogens is 416 g/mol. The Balaban J connectivity index is 1.24.